The first-order valence-corrected chi connectivity index (χ1v) is 6.54. The highest BCUT2D eigenvalue weighted by Gasteiger charge is 2.13. The van der Waals surface area contributed by atoms with E-state index in [-0.39, 0.29) is 5.56 Å². The van der Waals surface area contributed by atoms with Crippen LogP contribution >= 0.6 is 23.2 Å². The number of rotatable bonds is 3. The molecule has 19 heavy (non-hydrogen) atoms. The first kappa shape index (κ1) is 14.0. The number of hydrogen-bond donors (Lipinski definition) is 1. The molecule has 0 unspecified atom stereocenters. The molecule has 1 N–H and O–H groups in total. The van der Waals surface area contributed by atoms with Gasteiger partial charge in [0.25, 0.3) is 0 Å². The van der Waals surface area contributed by atoms with Gasteiger partial charge in [-0.15, -0.1) is 0 Å². The summed E-state index contributed by atoms with van der Waals surface area (Å²) >= 11 is 11.6. The molecule has 2 rings (SSSR count). The van der Waals surface area contributed by atoms with Gasteiger partial charge in [0.05, 0.1) is 12.1 Å². The molecule has 2 aromatic rings. The van der Waals surface area contributed by atoms with E-state index >= 15 is 0 Å². The Morgan fingerprint density at radius 1 is 1.42 bits per heavy atom. The molecule has 1 aromatic heterocycles. The van der Waals surface area contributed by atoms with Gasteiger partial charge in [0, 0.05) is 27.2 Å². The SMILES string of the molecule is Cc1c(C)n(CC(Cl)=CCl)c2ccc(C(=O)O)cc12. The lowest BCUT2D eigenvalue weighted by Gasteiger charge is -2.07. The van der Waals surface area contributed by atoms with Crippen LogP contribution in [0.1, 0.15) is 21.6 Å². The van der Waals surface area contributed by atoms with Gasteiger partial charge in [0.2, 0.25) is 0 Å². The molecule has 3 nitrogen and oxygen atoms in total. The van der Waals surface area contributed by atoms with Crippen LogP contribution in [0.3, 0.4) is 0 Å². The topological polar surface area (TPSA) is 42.2 Å². The number of nitrogens with zero attached hydrogens (tertiary/aromatic N) is 1. The van der Waals surface area contributed by atoms with Gasteiger partial charge in [-0.05, 0) is 37.6 Å². The molecule has 100 valence electrons. The van der Waals surface area contributed by atoms with Crippen LogP contribution in [-0.4, -0.2) is 15.6 Å². The number of aromatic carboxylic acids is 1. The van der Waals surface area contributed by atoms with Gasteiger partial charge < -0.3 is 9.67 Å². The zero-order valence-electron chi connectivity index (χ0n) is 10.6. The Kier molecular flexibility index (Phi) is 3.88. The Morgan fingerprint density at radius 3 is 2.68 bits per heavy atom. The van der Waals surface area contributed by atoms with Gasteiger partial charge in [0.15, 0.2) is 0 Å². The van der Waals surface area contributed by atoms with Crippen molar-refractivity contribution in [3.05, 3.63) is 45.6 Å². The van der Waals surface area contributed by atoms with Gasteiger partial charge >= 0.3 is 5.97 Å². The van der Waals surface area contributed by atoms with Gasteiger partial charge in [-0.25, -0.2) is 4.79 Å². The average Bonchev–Trinajstić information content (AvgIpc) is 2.63. The van der Waals surface area contributed by atoms with Crippen molar-refractivity contribution in [2.24, 2.45) is 0 Å². The molecule has 1 heterocycles. The third kappa shape index (κ3) is 2.48. The molecule has 0 fully saturated rings. The summed E-state index contributed by atoms with van der Waals surface area (Å²) in [6.45, 7) is 4.43. The number of carbonyl (C=O) groups is 1. The second-order valence-corrected chi connectivity index (χ2v) is 5.09. The van der Waals surface area contributed by atoms with Crippen molar-refractivity contribution in [3.8, 4) is 0 Å². The van der Waals surface area contributed by atoms with Crippen LogP contribution in [0, 0.1) is 13.8 Å². The predicted molar refractivity (Wildman–Crippen MR) is 78.2 cm³/mol. The van der Waals surface area contributed by atoms with Crippen molar-refractivity contribution in [2.75, 3.05) is 0 Å². The smallest absolute Gasteiger partial charge is 0.335 e. The minimum atomic E-state index is -0.926. The molecule has 0 atom stereocenters. The monoisotopic (exact) mass is 297 g/mol. The molecule has 0 amide bonds. The molecule has 0 aliphatic heterocycles. The fourth-order valence-electron chi connectivity index (χ4n) is 2.17. The standard InChI is InChI=1S/C14H13Cl2NO2/c1-8-9(2)17(7-11(16)6-15)13-4-3-10(14(18)19)5-12(8)13/h3-6H,7H2,1-2H3,(H,18,19). The molecule has 0 aliphatic rings. The Hall–Kier alpha value is -1.45. The van der Waals surface area contributed by atoms with Crippen molar-refractivity contribution < 1.29 is 9.90 Å². The number of aryl methyl sites for hydroxylation is 1. The number of benzene rings is 1. The van der Waals surface area contributed by atoms with E-state index in [2.05, 4.69) is 0 Å². The van der Waals surface area contributed by atoms with Gasteiger partial charge in [-0.3, -0.25) is 0 Å². The van der Waals surface area contributed by atoms with E-state index in [4.69, 9.17) is 28.3 Å². The summed E-state index contributed by atoms with van der Waals surface area (Å²) in [5.41, 5.74) is 4.68. The van der Waals surface area contributed by atoms with Gasteiger partial charge in [-0.1, -0.05) is 23.2 Å². The van der Waals surface area contributed by atoms with Gasteiger partial charge in [0.1, 0.15) is 0 Å². The Labute approximate surface area is 121 Å². The van der Waals surface area contributed by atoms with Crippen molar-refractivity contribution in [1.82, 2.24) is 4.57 Å². The Bertz CT molecular complexity index is 686. The summed E-state index contributed by atoms with van der Waals surface area (Å²) in [6.07, 6.45) is 0. The summed E-state index contributed by atoms with van der Waals surface area (Å²) < 4.78 is 2.03. The van der Waals surface area contributed by atoms with Crippen molar-refractivity contribution in [2.45, 2.75) is 20.4 Å². The van der Waals surface area contributed by atoms with Crippen LogP contribution in [-0.2, 0) is 6.54 Å². The fraction of sp³-hybridized carbons (Fsp3) is 0.214. The maximum atomic E-state index is 11.0. The van der Waals surface area contributed by atoms with E-state index in [9.17, 15) is 4.79 Å². The Morgan fingerprint density at radius 2 is 2.11 bits per heavy atom. The van der Waals surface area contributed by atoms with E-state index in [0.29, 0.717) is 11.6 Å². The molecule has 0 bridgehead atoms. The van der Waals surface area contributed by atoms with Crippen LogP contribution in [0.2, 0.25) is 0 Å². The fourth-order valence-corrected chi connectivity index (χ4v) is 2.36. The maximum Gasteiger partial charge on any atom is 0.335 e. The highest BCUT2D eigenvalue weighted by atomic mass is 35.5. The number of aromatic nitrogens is 1. The molecule has 5 heteroatoms. The largest absolute Gasteiger partial charge is 0.478 e. The van der Waals surface area contributed by atoms with E-state index < -0.39 is 5.97 Å². The number of halogens is 2. The number of carboxylic acids is 1. The molecular weight excluding hydrogens is 285 g/mol. The molecule has 0 radical (unpaired) electrons. The van der Waals surface area contributed by atoms with E-state index in [1.54, 1.807) is 18.2 Å². The third-order valence-electron chi connectivity index (χ3n) is 3.31. The lowest BCUT2D eigenvalue weighted by atomic mass is 10.1. The molecule has 0 aliphatic carbocycles. The summed E-state index contributed by atoms with van der Waals surface area (Å²) in [7, 11) is 0. The lowest BCUT2D eigenvalue weighted by molar-refractivity contribution is 0.0697. The minimum absolute atomic E-state index is 0.284. The molecule has 0 spiro atoms. The number of allylic oxidation sites excluding steroid dienone is 1. The van der Waals surface area contributed by atoms with Crippen molar-refractivity contribution in [3.63, 3.8) is 0 Å². The van der Waals surface area contributed by atoms with Crippen molar-refractivity contribution in [1.29, 1.82) is 0 Å². The summed E-state index contributed by atoms with van der Waals surface area (Å²) in [5, 5.41) is 10.5. The van der Waals surface area contributed by atoms with E-state index in [1.807, 2.05) is 18.4 Å². The Balaban J connectivity index is 2.66. The molecule has 0 saturated carbocycles. The first-order valence-electron chi connectivity index (χ1n) is 5.73. The van der Waals surface area contributed by atoms with Crippen molar-refractivity contribution >= 4 is 40.1 Å². The lowest BCUT2D eigenvalue weighted by Crippen LogP contribution is -2.00. The van der Waals surface area contributed by atoms with Crippen LogP contribution in [0.4, 0.5) is 0 Å². The zero-order chi connectivity index (χ0) is 14.2. The number of fused-ring (bicyclic) bond motifs is 1. The second kappa shape index (κ2) is 5.27. The molecular formula is C14H13Cl2NO2. The normalized spacial score (nSPS) is 12.1. The number of carboxylic acid groups (broad SMARTS) is 1. The quantitative estimate of drug-likeness (QED) is 0.919. The molecule has 1 aromatic carbocycles. The van der Waals surface area contributed by atoms with Crippen LogP contribution in [0.15, 0.2) is 28.8 Å². The third-order valence-corrected chi connectivity index (χ3v) is 3.92. The van der Waals surface area contributed by atoms with Crippen LogP contribution in [0.25, 0.3) is 10.9 Å². The summed E-state index contributed by atoms with van der Waals surface area (Å²) in [6, 6.07) is 5.09. The highest BCUT2D eigenvalue weighted by molar-refractivity contribution is 6.36. The van der Waals surface area contributed by atoms with E-state index in [0.717, 1.165) is 22.2 Å². The minimum Gasteiger partial charge on any atom is -0.478 e. The second-order valence-electron chi connectivity index (χ2n) is 4.39. The van der Waals surface area contributed by atoms with Crippen LogP contribution < -0.4 is 0 Å². The number of hydrogen-bond acceptors (Lipinski definition) is 1. The summed E-state index contributed by atoms with van der Waals surface area (Å²) in [5.74, 6) is -0.926. The predicted octanol–water partition coefficient (Wildman–Crippen LogP) is 4.28. The average molecular weight is 298 g/mol. The first-order chi connectivity index (χ1) is 8.95. The summed E-state index contributed by atoms with van der Waals surface area (Å²) in [4.78, 5) is 11.0. The van der Waals surface area contributed by atoms with E-state index in [1.165, 1.54) is 5.54 Å². The molecule has 0 saturated heterocycles. The highest BCUT2D eigenvalue weighted by Crippen LogP contribution is 2.27. The van der Waals surface area contributed by atoms with Gasteiger partial charge in [-0.2, -0.15) is 0 Å². The maximum absolute atomic E-state index is 11.0. The van der Waals surface area contributed by atoms with Crippen LogP contribution in [0.5, 0.6) is 0 Å². The zero-order valence-corrected chi connectivity index (χ0v) is 12.1.